The molecule has 0 unspecified atom stereocenters. The van der Waals surface area contributed by atoms with Gasteiger partial charge >= 0.3 is 59.1 Å². The third kappa shape index (κ3) is 30.0. The summed E-state index contributed by atoms with van der Waals surface area (Å²) in [4.78, 5) is 0.611. The van der Waals surface area contributed by atoms with Crippen molar-refractivity contribution in [1.82, 2.24) is 10.0 Å². The van der Waals surface area contributed by atoms with Crippen LogP contribution in [0.15, 0.2) is 10.6 Å². The van der Waals surface area contributed by atoms with Gasteiger partial charge in [0.25, 0.3) is 0 Å². The Morgan fingerprint density at radius 2 is 0.595 bits per heavy atom. The van der Waals surface area contributed by atoms with Crippen molar-refractivity contribution in [3.05, 3.63) is 10.4 Å². The molecule has 0 aromatic carbocycles. The maximum absolute atomic E-state index is 11.9. The fraction of sp³-hybridized carbons (Fsp3) is 1.00. The molecule has 0 aromatic rings. The minimum absolute atomic E-state index is 0. The zero-order valence-electron chi connectivity index (χ0n) is 28.2. The van der Waals surface area contributed by atoms with E-state index in [1.807, 2.05) is 0 Å². The number of hydrazine groups is 2. The monoisotopic (exact) mass is 618 g/mol. The van der Waals surface area contributed by atoms with Gasteiger partial charge in [-0.05, 0) is 25.7 Å². The predicted molar refractivity (Wildman–Crippen MR) is 161 cm³/mol. The molecule has 0 saturated carbocycles. The zero-order valence-corrected chi connectivity index (χ0v) is 32.2. The van der Waals surface area contributed by atoms with Crippen LogP contribution in [0.5, 0.6) is 0 Å². The third-order valence-corrected chi connectivity index (χ3v) is 7.76. The third-order valence-electron chi connectivity index (χ3n) is 7.76. The molecule has 10 nitrogen and oxygen atoms in total. The van der Waals surface area contributed by atoms with Crippen LogP contribution in [0.4, 0.5) is 0 Å². The summed E-state index contributed by atoms with van der Waals surface area (Å²) in [6, 6.07) is 0. The summed E-state index contributed by atoms with van der Waals surface area (Å²) in [5.41, 5.74) is 0. The summed E-state index contributed by atoms with van der Waals surface area (Å²) in [7, 11) is 0. The molecule has 12 heteroatoms. The second-order valence-electron chi connectivity index (χ2n) is 11.4. The van der Waals surface area contributed by atoms with Crippen molar-refractivity contribution in [2.24, 2.45) is 10.6 Å². The van der Waals surface area contributed by atoms with Gasteiger partial charge in [0.15, 0.2) is 0 Å². The van der Waals surface area contributed by atoms with E-state index in [4.69, 9.17) is 10.4 Å². The Balaban J connectivity index is -0.00000760. The Kier molecular flexibility index (Phi) is 41.1. The van der Waals surface area contributed by atoms with Gasteiger partial charge in [-0.25, -0.2) is 0 Å². The van der Waals surface area contributed by atoms with Crippen LogP contribution in [0.3, 0.4) is 0 Å². The molecule has 0 aliphatic heterocycles. The van der Waals surface area contributed by atoms with Gasteiger partial charge in [-0.15, -0.1) is 10.0 Å². The largest absolute Gasteiger partial charge is 1.00 e. The number of hydrogen-bond acceptors (Lipinski definition) is 4. The van der Waals surface area contributed by atoms with Gasteiger partial charge in [0.05, 0.1) is 36.1 Å². The van der Waals surface area contributed by atoms with Crippen molar-refractivity contribution in [3.63, 3.8) is 0 Å². The Bertz CT molecular complexity index is 556. The molecular weight excluding hydrogens is 554 g/mol. The van der Waals surface area contributed by atoms with Crippen LogP contribution < -0.4 is 59.1 Å². The van der Waals surface area contributed by atoms with E-state index < -0.39 is 0 Å². The summed E-state index contributed by atoms with van der Waals surface area (Å²) >= 11 is 0. The summed E-state index contributed by atoms with van der Waals surface area (Å²) in [6.07, 6.45) is 28.2. The van der Waals surface area contributed by atoms with Crippen LogP contribution >= 0.6 is 0 Å². The van der Waals surface area contributed by atoms with Crippen LogP contribution in [-0.4, -0.2) is 56.6 Å². The summed E-state index contributed by atoms with van der Waals surface area (Å²) in [5.74, 6) is 0. The Labute approximate surface area is 302 Å². The van der Waals surface area contributed by atoms with E-state index in [1.165, 1.54) is 103 Å². The second kappa shape index (κ2) is 37.2. The maximum atomic E-state index is 11.9. The first-order valence-corrected chi connectivity index (χ1v) is 16.7. The average Bonchev–Trinajstić information content (AvgIpc) is 2.97. The molecule has 2 N–H and O–H groups in total. The Hall–Kier alpha value is 0.000000000000000222. The Morgan fingerprint density at radius 3 is 0.786 bits per heavy atom. The summed E-state index contributed by atoms with van der Waals surface area (Å²) < 4.78 is 0. The predicted octanol–water partition coefficient (Wildman–Crippen LogP) is 3.53. The number of unbranched alkanes of at least 4 members (excludes halogenated alkanes) is 21. The van der Waals surface area contributed by atoms with Crippen molar-refractivity contribution in [2.75, 3.05) is 26.2 Å². The normalized spacial score (nSPS) is 11.7. The standard InChI is InChI=1S/C30H64N6O4.2Na/c1-3-5-7-9-11-13-15-17-19-23-27-33(35(39)31-37)29-25-21-22-26-30-34(36(40)32-38)28-24-20-18-16-14-12-10-8-6-4-2;;/h37-38H,3-30H2,1-2H3;;/q;2*+1. The topological polar surface area (TPSA) is 124 Å². The Morgan fingerprint density at radius 1 is 0.405 bits per heavy atom. The molecule has 0 amide bonds. The van der Waals surface area contributed by atoms with Crippen LogP contribution in [-0.2, 0) is 0 Å². The van der Waals surface area contributed by atoms with Gasteiger partial charge in [-0.1, -0.05) is 142 Å². The molecule has 0 aliphatic carbocycles. The summed E-state index contributed by atoms with van der Waals surface area (Å²) in [5, 5.41) is 50.4. The van der Waals surface area contributed by atoms with Crippen molar-refractivity contribution in [1.29, 1.82) is 0 Å². The van der Waals surface area contributed by atoms with Gasteiger partial charge in [0, 0.05) is 0 Å². The molecule has 0 saturated heterocycles. The first-order chi connectivity index (χ1) is 19.6. The van der Waals surface area contributed by atoms with Gasteiger partial charge in [0.1, 0.15) is 0 Å². The van der Waals surface area contributed by atoms with Gasteiger partial charge in [-0.2, -0.15) is 0 Å². The van der Waals surface area contributed by atoms with Crippen molar-refractivity contribution < 1.29 is 79.5 Å². The minimum Gasteiger partial charge on any atom is -0.569 e. The molecule has 238 valence electrons. The quantitative estimate of drug-likeness (QED) is 0.0403. The van der Waals surface area contributed by atoms with Crippen LogP contribution in [0, 0.1) is 10.4 Å². The molecule has 0 aromatic heterocycles. The van der Waals surface area contributed by atoms with E-state index in [-0.39, 0.29) is 59.1 Å². The molecule has 0 aliphatic rings. The van der Waals surface area contributed by atoms with Gasteiger partial charge in [-0.3, -0.25) is 0 Å². The summed E-state index contributed by atoms with van der Waals surface area (Å²) in [6.45, 7) is 6.77. The van der Waals surface area contributed by atoms with E-state index in [2.05, 4.69) is 24.4 Å². The SMILES string of the molecule is CCCCCCCCCCCCN(CCCCCCN(CCCCCCCCCCCC)[N+]([O-])=NO)[N+]([O-])=NO.[Na+].[Na+]. The molecule has 0 bridgehead atoms. The minimum atomic E-state index is 0. The first-order valence-electron chi connectivity index (χ1n) is 16.7. The first kappa shape index (κ1) is 46.4. The number of rotatable bonds is 31. The number of hydrogen-bond donors (Lipinski definition) is 2. The molecular formula is C30H64N6Na2O4+2. The van der Waals surface area contributed by atoms with Crippen LogP contribution in [0.2, 0.25) is 0 Å². The number of nitrogens with zero attached hydrogens (tertiary/aromatic N) is 6. The van der Waals surface area contributed by atoms with Crippen LogP contribution in [0.1, 0.15) is 168 Å². The molecule has 42 heavy (non-hydrogen) atoms. The molecule has 0 heterocycles. The molecule has 0 rings (SSSR count). The van der Waals surface area contributed by atoms with E-state index in [9.17, 15) is 10.4 Å². The van der Waals surface area contributed by atoms with Crippen molar-refractivity contribution in [2.45, 2.75) is 168 Å². The molecule has 0 spiro atoms. The zero-order chi connectivity index (χ0) is 29.5. The van der Waals surface area contributed by atoms with E-state index in [0.717, 1.165) is 51.4 Å². The fourth-order valence-electron chi connectivity index (χ4n) is 5.18. The average molecular weight is 619 g/mol. The molecule has 0 radical (unpaired) electrons. The molecule has 0 atom stereocenters. The smallest absolute Gasteiger partial charge is 0.569 e. The molecule has 0 fully saturated rings. The van der Waals surface area contributed by atoms with E-state index in [1.54, 1.807) is 10.0 Å². The van der Waals surface area contributed by atoms with Crippen molar-refractivity contribution in [3.8, 4) is 0 Å². The van der Waals surface area contributed by atoms with Gasteiger partial charge < -0.3 is 20.8 Å². The van der Waals surface area contributed by atoms with Gasteiger partial charge in [0.2, 0.25) is 10.6 Å². The van der Waals surface area contributed by atoms with E-state index in [0.29, 0.717) is 36.1 Å². The second-order valence-corrected chi connectivity index (χ2v) is 11.4. The van der Waals surface area contributed by atoms with Crippen LogP contribution in [0.25, 0.3) is 0 Å². The maximum Gasteiger partial charge on any atom is 1.00 e. The fourth-order valence-corrected chi connectivity index (χ4v) is 5.18. The van der Waals surface area contributed by atoms with Crippen molar-refractivity contribution >= 4 is 0 Å². The van der Waals surface area contributed by atoms with E-state index >= 15 is 0 Å².